The molecule has 0 saturated carbocycles. The highest BCUT2D eigenvalue weighted by atomic mass is 16.5. The zero-order valence-electron chi connectivity index (χ0n) is 18.5. The number of aromatic hydroxyl groups is 2. The number of methoxy groups -OCH3 is 1. The van der Waals surface area contributed by atoms with Crippen molar-refractivity contribution in [2.75, 3.05) is 12.0 Å². The summed E-state index contributed by atoms with van der Waals surface area (Å²) in [4.78, 5) is 54.7. The van der Waals surface area contributed by atoms with Gasteiger partial charge in [-0.3, -0.25) is 14.5 Å². The molecule has 0 radical (unpaired) electrons. The van der Waals surface area contributed by atoms with Gasteiger partial charge in [-0.05, 0) is 30.9 Å². The second-order valence-electron chi connectivity index (χ2n) is 8.02. The fourth-order valence-corrected chi connectivity index (χ4v) is 3.61. The molecule has 0 spiro atoms. The van der Waals surface area contributed by atoms with Crippen LogP contribution in [0, 0.1) is 5.92 Å². The summed E-state index contributed by atoms with van der Waals surface area (Å²) in [7, 11) is 1.05. The third-order valence-electron chi connectivity index (χ3n) is 5.07. The molecule has 1 aromatic heterocycles. The van der Waals surface area contributed by atoms with Crippen molar-refractivity contribution in [1.82, 2.24) is 4.98 Å². The van der Waals surface area contributed by atoms with E-state index in [0.717, 1.165) is 18.1 Å². The van der Waals surface area contributed by atoms with Crippen LogP contribution in [0.4, 0.5) is 5.82 Å². The number of ether oxygens (including phenoxy) is 1. The highest BCUT2D eigenvalue weighted by molar-refractivity contribution is 6.13. The Morgan fingerprint density at radius 1 is 1.24 bits per heavy atom. The molecule has 2 rings (SSSR count). The largest absolute Gasteiger partial charge is 0.507 e. The lowest BCUT2D eigenvalue weighted by Gasteiger charge is -2.39. The molecule has 0 fully saturated rings. The maximum Gasteiger partial charge on any atom is 0.339 e. The van der Waals surface area contributed by atoms with E-state index >= 15 is 0 Å². The number of benzene rings is 1. The second-order valence-corrected chi connectivity index (χ2v) is 8.02. The second kappa shape index (κ2) is 10.3. The molecule has 2 atom stereocenters. The van der Waals surface area contributed by atoms with Gasteiger partial charge in [-0.15, -0.1) is 0 Å². The number of nitrogens with two attached hydrogens (primary N) is 1. The Morgan fingerprint density at radius 2 is 1.91 bits per heavy atom. The van der Waals surface area contributed by atoms with Crippen molar-refractivity contribution in [2.24, 2.45) is 11.7 Å². The monoisotopic (exact) mass is 461 g/mol. The van der Waals surface area contributed by atoms with E-state index in [1.165, 1.54) is 18.2 Å². The molecule has 1 amide bonds. The standard InChI is InChI=1S/C22H27N3O8/c1-12(2)10-22(11-26,21(32)33-3)25(20(31)14(23)7-8-18(29)30)17-9-16(28)13-5-4-6-15(27)19(13)24-17/h4-6,9,11-12,14,27H,7-8,10,23H2,1-3H3,(H,24,28)(H,29,30)/t14-,22+/m0/s1. The molecule has 33 heavy (non-hydrogen) atoms. The van der Waals surface area contributed by atoms with E-state index in [1.54, 1.807) is 13.8 Å². The van der Waals surface area contributed by atoms with Crippen LogP contribution in [0.15, 0.2) is 24.3 Å². The van der Waals surface area contributed by atoms with Crippen molar-refractivity contribution in [3.63, 3.8) is 0 Å². The number of anilines is 1. The van der Waals surface area contributed by atoms with Crippen LogP contribution >= 0.6 is 0 Å². The first kappa shape index (κ1) is 25.5. The van der Waals surface area contributed by atoms with Crippen LogP contribution in [-0.4, -0.2) is 63.1 Å². The summed E-state index contributed by atoms with van der Waals surface area (Å²) in [6, 6.07) is 3.91. The Balaban J connectivity index is 2.81. The van der Waals surface area contributed by atoms with E-state index in [-0.39, 0.29) is 53.3 Å². The lowest BCUT2D eigenvalue weighted by molar-refractivity contribution is -0.151. The number of phenols is 1. The number of aldehydes is 1. The summed E-state index contributed by atoms with van der Waals surface area (Å²) in [6.07, 6.45) is -0.655. The number of esters is 1. The van der Waals surface area contributed by atoms with E-state index in [1.807, 2.05) is 0 Å². The summed E-state index contributed by atoms with van der Waals surface area (Å²) in [5.41, 5.74) is 3.65. The summed E-state index contributed by atoms with van der Waals surface area (Å²) >= 11 is 0. The zero-order valence-corrected chi connectivity index (χ0v) is 18.5. The van der Waals surface area contributed by atoms with Crippen LogP contribution in [0.3, 0.4) is 0 Å². The van der Waals surface area contributed by atoms with Gasteiger partial charge in [0.2, 0.25) is 11.4 Å². The number of fused-ring (bicyclic) bond motifs is 1. The van der Waals surface area contributed by atoms with Crippen molar-refractivity contribution in [2.45, 2.75) is 44.7 Å². The fraction of sp³-hybridized carbons (Fsp3) is 0.409. The average molecular weight is 461 g/mol. The van der Waals surface area contributed by atoms with Crippen LogP contribution in [0.25, 0.3) is 10.9 Å². The Hall–Kier alpha value is -3.73. The number of carboxylic acid groups (broad SMARTS) is 1. The molecule has 0 unspecified atom stereocenters. The molecule has 0 saturated heterocycles. The van der Waals surface area contributed by atoms with Gasteiger partial charge in [-0.1, -0.05) is 19.9 Å². The number of para-hydroxylation sites is 1. The molecule has 11 heteroatoms. The number of aliphatic carboxylic acids is 1. The van der Waals surface area contributed by atoms with Crippen molar-refractivity contribution < 1.29 is 39.2 Å². The van der Waals surface area contributed by atoms with Gasteiger partial charge in [-0.2, -0.15) is 0 Å². The Morgan fingerprint density at radius 3 is 2.45 bits per heavy atom. The molecule has 178 valence electrons. The molecule has 0 bridgehead atoms. The van der Waals surface area contributed by atoms with E-state index in [0.29, 0.717) is 0 Å². The molecule has 5 N–H and O–H groups in total. The minimum Gasteiger partial charge on any atom is -0.507 e. The first-order valence-corrected chi connectivity index (χ1v) is 10.2. The van der Waals surface area contributed by atoms with Gasteiger partial charge < -0.3 is 30.6 Å². The SMILES string of the molecule is COC(=O)[C@](C=O)(CC(C)C)N(C(=O)[C@@H](N)CCC(=O)O)c1cc(O)c2cccc(O)c2n1. The number of phenolic OH excluding ortho intramolecular Hbond substituents is 1. The van der Waals surface area contributed by atoms with Gasteiger partial charge in [0.25, 0.3) is 0 Å². The highest BCUT2D eigenvalue weighted by Crippen LogP contribution is 2.36. The third-order valence-corrected chi connectivity index (χ3v) is 5.07. The Labute approximate surface area is 189 Å². The van der Waals surface area contributed by atoms with E-state index in [2.05, 4.69) is 4.98 Å². The normalized spacial score (nSPS) is 13.8. The smallest absolute Gasteiger partial charge is 0.339 e. The van der Waals surface area contributed by atoms with E-state index < -0.39 is 35.8 Å². The van der Waals surface area contributed by atoms with Crippen molar-refractivity contribution in [3.8, 4) is 11.5 Å². The highest BCUT2D eigenvalue weighted by Gasteiger charge is 2.50. The first-order valence-electron chi connectivity index (χ1n) is 10.2. The van der Waals surface area contributed by atoms with Crippen molar-refractivity contribution in [3.05, 3.63) is 24.3 Å². The van der Waals surface area contributed by atoms with Gasteiger partial charge in [0.05, 0.1) is 13.2 Å². The predicted molar refractivity (Wildman–Crippen MR) is 118 cm³/mol. The zero-order chi connectivity index (χ0) is 24.9. The number of amides is 1. The Bertz CT molecular complexity index is 1070. The quantitative estimate of drug-likeness (QED) is 0.229. The number of rotatable bonds is 10. The van der Waals surface area contributed by atoms with Crippen LogP contribution < -0.4 is 10.6 Å². The predicted octanol–water partition coefficient (Wildman–Crippen LogP) is 1.33. The molecule has 1 aromatic carbocycles. The van der Waals surface area contributed by atoms with Crippen LogP contribution in [0.5, 0.6) is 11.5 Å². The number of hydrogen-bond acceptors (Lipinski definition) is 9. The molecule has 0 aliphatic rings. The van der Waals surface area contributed by atoms with E-state index in [9.17, 15) is 29.4 Å². The van der Waals surface area contributed by atoms with E-state index in [4.69, 9.17) is 15.6 Å². The summed E-state index contributed by atoms with van der Waals surface area (Å²) in [6.45, 7) is 3.43. The number of pyridine rings is 1. The Kier molecular flexibility index (Phi) is 7.94. The summed E-state index contributed by atoms with van der Waals surface area (Å²) in [5, 5.41) is 29.9. The molecule has 11 nitrogen and oxygen atoms in total. The van der Waals surface area contributed by atoms with Gasteiger partial charge in [-0.25, -0.2) is 9.78 Å². The van der Waals surface area contributed by atoms with Crippen LogP contribution in [0.1, 0.15) is 33.1 Å². The molecule has 0 aliphatic carbocycles. The fourth-order valence-electron chi connectivity index (χ4n) is 3.61. The molecular formula is C22H27N3O8. The van der Waals surface area contributed by atoms with Crippen molar-refractivity contribution in [1.29, 1.82) is 0 Å². The topological polar surface area (TPSA) is 180 Å². The van der Waals surface area contributed by atoms with Crippen molar-refractivity contribution >= 4 is 40.9 Å². The first-order chi connectivity index (χ1) is 15.5. The average Bonchev–Trinajstić information content (AvgIpc) is 2.76. The maximum absolute atomic E-state index is 13.5. The van der Waals surface area contributed by atoms with Crippen LogP contribution in [-0.2, 0) is 23.9 Å². The number of carboxylic acids is 1. The molecule has 1 heterocycles. The lowest BCUT2D eigenvalue weighted by Crippen LogP contribution is -2.63. The van der Waals surface area contributed by atoms with Gasteiger partial charge >= 0.3 is 11.9 Å². The van der Waals surface area contributed by atoms with Crippen LogP contribution in [0.2, 0.25) is 0 Å². The lowest BCUT2D eigenvalue weighted by atomic mass is 9.87. The number of nitrogens with zero attached hydrogens (tertiary/aromatic N) is 2. The minimum atomic E-state index is -2.21. The number of hydrogen-bond donors (Lipinski definition) is 4. The minimum absolute atomic E-state index is 0.0846. The maximum atomic E-state index is 13.5. The third kappa shape index (κ3) is 5.20. The molecule has 0 aliphatic heterocycles. The number of carbonyl (C=O) groups is 4. The molecular weight excluding hydrogens is 434 g/mol. The van der Waals surface area contributed by atoms with Gasteiger partial charge in [0.15, 0.2) is 6.29 Å². The van der Waals surface area contributed by atoms with Gasteiger partial charge in [0.1, 0.15) is 22.8 Å². The molecule has 2 aromatic rings. The number of carbonyl (C=O) groups excluding carboxylic acids is 3. The summed E-state index contributed by atoms with van der Waals surface area (Å²) in [5.74, 6) is -4.55. The number of aromatic nitrogens is 1. The summed E-state index contributed by atoms with van der Waals surface area (Å²) < 4.78 is 4.84. The van der Waals surface area contributed by atoms with Gasteiger partial charge in [0, 0.05) is 17.9 Å².